The van der Waals surface area contributed by atoms with Crippen molar-refractivity contribution >= 4 is 17.3 Å². The maximum atomic E-state index is 5.45. The van der Waals surface area contributed by atoms with E-state index in [1.165, 1.54) is 0 Å². The minimum absolute atomic E-state index is 0.688. The summed E-state index contributed by atoms with van der Waals surface area (Å²) in [6.07, 6.45) is 3.13. The van der Waals surface area contributed by atoms with Crippen LogP contribution in [0.25, 0.3) is 0 Å². The first-order valence-electron chi connectivity index (χ1n) is 4.58. The van der Waals surface area contributed by atoms with Crippen LogP contribution in [0.15, 0.2) is 30.3 Å². The first-order valence-corrected chi connectivity index (χ1v) is 4.99. The molecule has 0 spiro atoms. The molecule has 70 valence electrons. The lowest BCUT2D eigenvalue weighted by Crippen LogP contribution is -2.04. The van der Waals surface area contributed by atoms with Crippen molar-refractivity contribution in [1.29, 1.82) is 0 Å². The van der Waals surface area contributed by atoms with E-state index in [1.807, 2.05) is 30.3 Å². The first kappa shape index (κ1) is 10.2. The molecule has 0 aliphatic carbocycles. The Morgan fingerprint density at radius 3 is 2.62 bits per heavy atom. The largest absolute Gasteiger partial charge is 0.450 e. The summed E-state index contributed by atoms with van der Waals surface area (Å²) in [7, 11) is 0. The van der Waals surface area contributed by atoms with Gasteiger partial charge in [-0.15, -0.1) is 0 Å². The number of hydrogen-bond acceptors (Lipinski definition) is 2. The number of para-hydroxylation sites is 1. The predicted octanol–water partition coefficient (Wildman–Crippen LogP) is 3.58. The zero-order chi connectivity index (χ0) is 9.52. The maximum absolute atomic E-state index is 5.45. The van der Waals surface area contributed by atoms with Crippen molar-refractivity contribution < 1.29 is 4.74 Å². The van der Waals surface area contributed by atoms with E-state index in [9.17, 15) is 0 Å². The third kappa shape index (κ3) is 4.04. The normalized spacial score (nSPS) is 9.62. The number of unbranched alkanes of at least 4 members (excludes halogenated alkanes) is 1. The van der Waals surface area contributed by atoms with Gasteiger partial charge in [0.2, 0.25) is 0 Å². The Bertz CT molecular complexity index is 256. The van der Waals surface area contributed by atoms with E-state index in [2.05, 4.69) is 6.92 Å². The fraction of sp³-hybridized carbons (Fsp3) is 0.364. The second-order valence-corrected chi connectivity index (χ2v) is 3.35. The van der Waals surface area contributed by atoms with Crippen molar-refractivity contribution in [3.63, 3.8) is 0 Å². The standard InChI is InChI=1S/C11H14OS/c1-2-3-9-11(13)12-10-7-5-4-6-8-10/h4-8H,2-3,9H2,1H3. The SMILES string of the molecule is CCCCC(=S)Oc1ccccc1. The molecule has 0 saturated carbocycles. The van der Waals surface area contributed by atoms with Crippen molar-refractivity contribution in [2.45, 2.75) is 26.2 Å². The molecule has 0 aliphatic rings. The minimum atomic E-state index is 0.688. The van der Waals surface area contributed by atoms with Crippen molar-refractivity contribution in [1.82, 2.24) is 0 Å². The van der Waals surface area contributed by atoms with Crippen LogP contribution in [-0.2, 0) is 0 Å². The van der Waals surface area contributed by atoms with Gasteiger partial charge in [-0.2, -0.15) is 0 Å². The Labute approximate surface area is 84.7 Å². The quantitative estimate of drug-likeness (QED) is 0.677. The van der Waals surface area contributed by atoms with Gasteiger partial charge in [-0.25, -0.2) is 0 Å². The first-order chi connectivity index (χ1) is 6.33. The van der Waals surface area contributed by atoms with Crippen LogP contribution >= 0.6 is 12.2 Å². The van der Waals surface area contributed by atoms with Crippen LogP contribution in [0.5, 0.6) is 5.75 Å². The second kappa shape index (κ2) is 5.70. The molecular formula is C11H14OS. The van der Waals surface area contributed by atoms with E-state index in [4.69, 9.17) is 17.0 Å². The summed E-state index contributed by atoms with van der Waals surface area (Å²) in [5, 5.41) is 0.688. The Morgan fingerprint density at radius 1 is 1.31 bits per heavy atom. The monoisotopic (exact) mass is 194 g/mol. The van der Waals surface area contributed by atoms with Crippen molar-refractivity contribution in [2.75, 3.05) is 0 Å². The van der Waals surface area contributed by atoms with Gasteiger partial charge in [0.25, 0.3) is 0 Å². The van der Waals surface area contributed by atoms with E-state index >= 15 is 0 Å². The van der Waals surface area contributed by atoms with E-state index in [0.717, 1.165) is 25.0 Å². The maximum Gasteiger partial charge on any atom is 0.167 e. The molecule has 13 heavy (non-hydrogen) atoms. The molecule has 0 fully saturated rings. The van der Waals surface area contributed by atoms with Gasteiger partial charge in [-0.3, -0.25) is 0 Å². The van der Waals surface area contributed by atoms with Gasteiger partial charge in [-0.1, -0.05) is 31.5 Å². The Hall–Kier alpha value is -0.890. The summed E-state index contributed by atoms with van der Waals surface area (Å²) in [5.41, 5.74) is 0. The summed E-state index contributed by atoms with van der Waals surface area (Å²) in [4.78, 5) is 0. The lowest BCUT2D eigenvalue weighted by Gasteiger charge is -2.05. The van der Waals surface area contributed by atoms with Gasteiger partial charge < -0.3 is 4.74 Å². The van der Waals surface area contributed by atoms with Crippen LogP contribution in [0.1, 0.15) is 26.2 Å². The summed E-state index contributed by atoms with van der Waals surface area (Å²) < 4.78 is 5.45. The average Bonchev–Trinajstić information content (AvgIpc) is 2.16. The minimum Gasteiger partial charge on any atom is -0.450 e. The molecule has 0 N–H and O–H groups in total. The van der Waals surface area contributed by atoms with Crippen molar-refractivity contribution in [3.05, 3.63) is 30.3 Å². The third-order valence-electron chi connectivity index (χ3n) is 1.71. The zero-order valence-corrected chi connectivity index (χ0v) is 8.64. The van der Waals surface area contributed by atoms with Crippen LogP contribution in [0, 0.1) is 0 Å². The lowest BCUT2D eigenvalue weighted by molar-refractivity contribution is 0.541. The highest BCUT2D eigenvalue weighted by molar-refractivity contribution is 7.80. The molecule has 0 bridgehead atoms. The van der Waals surface area contributed by atoms with Gasteiger partial charge in [0.15, 0.2) is 5.05 Å². The Kier molecular flexibility index (Phi) is 4.47. The van der Waals surface area contributed by atoms with Crippen LogP contribution in [0.2, 0.25) is 0 Å². The van der Waals surface area contributed by atoms with Crippen molar-refractivity contribution in [2.24, 2.45) is 0 Å². The summed E-state index contributed by atoms with van der Waals surface area (Å²) >= 11 is 5.08. The smallest absolute Gasteiger partial charge is 0.167 e. The Morgan fingerprint density at radius 2 is 2.00 bits per heavy atom. The molecule has 0 radical (unpaired) electrons. The van der Waals surface area contributed by atoms with Gasteiger partial charge >= 0.3 is 0 Å². The van der Waals surface area contributed by atoms with Crippen LogP contribution in [0.4, 0.5) is 0 Å². The molecule has 0 saturated heterocycles. The Balaban J connectivity index is 2.37. The van der Waals surface area contributed by atoms with E-state index in [0.29, 0.717) is 5.05 Å². The number of ether oxygens (including phenoxy) is 1. The van der Waals surface area contributed by atoms with Gasteiger partial charge in [0, 0.05) is 6.42 Å². The van der Waals surface area contributed by atoms with E-state index in [1.54, 1.807) is 0 Å². The van der Waals surface area contributed by atoms with Crippen molar-refractivity contribution in [3.8, 4) is 5.75 Å². The molecule has 0 atom stereocenters. The highest BCUT2D eigenvalue weighted by Gasteiger charge is 1.98. The summed E-state index contributed by atoms with van der Waals surface area (Å²) in [5.74, 6) is 0.837. The number of thiocarbonyl (C=S) groups is 1. The summed E-state index contributed by atoms with van der Waals surface area (Å²) in [6.45, 7) is 2.14. The predicted molar refractivity (Wildman–Crippen MR) is 59.2 cm³/mol. The fourth-order valence-electron chi connectivity index (χ4n) is 0.992. The number of rotatable bonds is 4. The lowest BCUT2D eigenvalue weighted by atomic mass is 10.3. The molecule has 1 rings (SSSR count). The number of hydrogen-bond donors (Lipinski definition) is 0. The molecule has 1 aromatic carbocycles. The molecule has 1 aromatic rings. The van der Waals surface area contributed by atoms with Crippen LogP contribution in [-0.4, -0.2) is 5.05 Å². The third-order valence-corrected chi connectivity index (χ3v) is 2.00. The van der Waals surface area contributed by atoms with Crippen LogP contribution < -0.4 is 4.74 Å². The molecule has 0 aliphatic heterocycles. The van der Waals surface area contributed by atoms with Gasteiger partial charge in [0.1, 0.15) is 5.75 Å². The van der Waals surface area contributed by atoms with E-state index in [-0.39, 0.29) is 0 Å². The van der Waals surface area contributed by atoms with Crippen LogP contribution in [0.3, 0.4) is 0 Å². The number of benzene rings is 1. The molecule has 2 heteroatoms. The van der Waals surface area contributed by atoms with Gasteiger partial charge in [0.05, 0.1) is 0 Å². The molecular weight excluding hydrogens is 180 g/mol. The molecule has 0 aromatic heterocycles. The summed E-state index contributed by atoms with van der Waals surface area (Å²) in [6, 6.07) is 9.67. The van der Waals surface area contributed by atoms with Gasteiger partial charge in [-0.05, 0) is 30.8 Å². The highest BCUT2D eigenvalue weighted by Crippen LogP contribution is 2.10. The molecule has 0 unspecified atom stereocenters. The molecule has 0 heterocycles. The molecule has 0 amide bonds. The molecule has 1 nitrogen and oxygen atoms in total. The second-order valence-electron chi connectivity index (χ2n) is 2.89. The average molecular weight is 194 g/mol. The topological polar surface area (TPSA) is 9.23 Å². The van der Waals surface area contributed by atoms with E-state index < -0.39 is 0 Å². The zero-order valence-electron chi connectivity index (χ0n) is 7.82. The fourth-order valence-corrected chi connectivity index (χ4v) is 1.23. The highest BCUT2D eigenvalue weighted by atomic mass is 32.1.